The number of pyridine rings is 1. The molecular weight excluding hydrogens is 338 g/mol. The van der Waals surface area contributed by atoms with Crippen LogP contribution in [0.5, 0.6) is 5.75 Å². The molecule has 1 spiro atoms. The summed E-state index contributed by atoms with van der Waals surface area (Å²) in [5, 5.41) is 0. The van der Waals surface area contributed by atoms with Crippen molar-refractivity contribution in [1.29, 1.82) is 0 Å². The van der Waals surface area contributed by atoms with E-state index < -0.39 is 0 Å². The number of aromatic nitrogens is 1. The van der Waals surface area contributed by atoms with Gasteiger partial charge in [0.25, 0.3) is 0 Å². The lowest BCUT2D eigenvalue weighted by Gasteiger charge is -2.33. The molecule has 0 bridgehead atoms. The third-order valence-corrected chi connectivity index (χ3v) is 6.70. The maximum atomic E-state index is 13.6. The fourth-order valence-corrected chi connectivity index (χ4v) is 5.60. The smallest absolute Gasteiger partial charge is 0.243 e. The van der Waals surface area contributed by atoms with Crippen LogP contribution in [0.2, 0.25) is 0 Å². The van der Waals surface area contributed by atoms with Gasteiger partial charge in [-0.15, -0.1) is 0 Å². The van der Waals surface area contributed by atoms with E-state index >= 15 is 0 Å². The predicted molar refractivity (Wildman–Crippen MR) is 102 cm³/mol. The number of nitrogens with zero attached hydrogens (tertiary/aromatic N) is 3. The van der Waals surface area contributed by atoms with Crippen LogP contribution in [0, 0.1) is 5.92 Å². The molecule has 2 aromatic rings. The summed E-state index contributed by atoms with van der Waals surface area (Å²) in [4.78, 5) is 22.4. The standard InChI is InChI=1S/C22H25N3O2/c1-27-19-7-2-5-16(11-19)14-24-15-18-12-20(17-6-3-9-23-13-17)25-10-4-8-22(18,25)21(24)26/h2-3,5-7,9,11,13,18,20H,4,8,10,12,14-15H2,1H3/t18-,20-,22-/m0/s1. The number of hydrogen-bond donors (Lipinski definition) is 0. The van der Waals surface area contributed by atoms with Gasteiger partial charge in [0, 0.05) is 37.4 Å². The molecule has 1 amide bonds. The van der Waals surface area contributed by atoms with Crippen LogP contribution in [-0.4, -0.2) is 46.4 Å². The normalized spacial score (nSPS) is 29.8. The highest BCUT2D eigenvalue weighted by Crippen LogP contribution is 2.56. The molecule has 140 valence electrons. The van der Waals surface area contributed by atoms with E-state index in [2.05, 4.69) is 26.9 Å². The lowest BCUT2D eigenvalue weighted by Crippen LogP contribution is -2.49. The number of carbonyl (C=O) groups excluding carboxylic acids is 1. The van der Waals surface area contributed by atoms with Gasteiger partial charge < -0.3 is 9.64 Å². The van der Waals surface area contributed by atoms with E-state index in [0.29, 0.717) is 24.4 Å². The fraction of sp³-hybridized carbons (Fsp3) is 0.455. The van der Waals surface area contributed by atoms with Crippen molar-refractivity contribution in [2.75, 3.05) is 20.2 Å². The molecule has 5 heteroatoms. The van der Waals surface area contributed by atoms with E-state index in [1.807, 2.05) is 36.7 Å². The Balaban J connectivity index is 1.41. The Kier molecular flexibility index (Phi) is 3.93. The number of likely N-dealkylation sites (tertiary alicyclic amines) is 1. The van der Waals surface area contributed by atoms with E-state index in [9.17, 15) is 4.79 Å². The van der Waals surface area contributed by atoms with Crippen molar-refractivity contribution in [2.24, 2.45) is 5.92 Å². The second kappa shape index (κ2) is 6.34. The van der Waals surface area contributed by atoms with Gasteiger partial charge in [0.1, 0.15) is 11.3 Å². The SMILES string of the molecule is COc1cccc(CN2C[C@@H]3C[C@@H](c4cccnc4)N4CCC[C@@]34C2=O)c1. The van der Waals surface area contributed by atoms with Gasteiger partial charge in [0.2, 0.25) is 5.91 Å². The number of carbonyl (C=O) groups is 1. The molecule has 3 aliphatic heterocycles. The van der Waals surface area contributed by atoms with E-state index in [4.69, 9.17) is 4.74 Å². The molecule has 3 atom stereocenters. The average molecular weight is 363 g/mol. The second-order valence-electron chi connectivity index (χ2n) is 7.99. The minimum Gasteiger partial charge on any atom is -0.497 e. The van der Waals surface area contributed by atoms with E-state index in [0.717, 1.165) is 43.7 Å². The number of ether oxygens (including phenoxy) is 1. The van der Waals surface area contributed by atoms with E-state index in [-0.39, 0.29) is 5.54 Å². The van der Waals surface area contributed by atoms with Crippen LogP contribution in [0.4, 0.5) is 0 Å². The van der Waals surface area contributed by atoms with Gasteiger partial charge in [-0.2, -0.15) is 0 Å². The zero-order chi connectivity index (χ0) is 18.4. The molecule has 1 aromatic heterocycles. The summed E-state index contributed by atoms with van der Waals surface area (Å²) >= 11 is 0. The minimum absolute atomic E-state index is 0.292. The van der Waals surface area contributed by atoms with Crippen molar-refractivity contribution >= 4 is 5.91 Å². The predicted octanol–water partition coefficient (Wildman–Crippen LogP) is 3.03. The fourth-order valence-electron chi connectivity index (χ4n) is 5.60. The van der Waals surface area contributed by atoms with Crippen LogP contribution in [0.25, 0.3) is 0 Å². The van der Waals surface area contributed by atoms with Gasteiger partial charge in [-0.25, -0.2) is 0 Å². The molecule has 3 aliphatic rings. The van der Waals surface area contributed by atoms with Crippen molar-refractivity contribution in [2.45, 2.75) is 37.4 Å². The molecule has 0 saturated carbocycles. The summed E-state index contributed by atoms with van der Waals surface area (Å²) in [6.07, 6.45) is 6.93. The molecule has 3 saturated heterocycles. The maximum absolute atomic E-state index is 13.6. The molecule has 27 heavy (non-hydrogen) atoms. The van der Waals surface area contributed by atoms with Gasteiger partial charge in [-0.05, 0) is 55.1 Å². The largest absolute Gasteiger partial charge is 0.497 e. The van der Waals surface area contributed by atoms with Crippen molar-refractivity contribution in [1.82, 2.24) is 14.8 Å². The highest BCUT2D eigenvalue weighted by atomic mass is 16.5. The number of methoxy groups -OCH3 is 1. The topological polar surface area (TPSA) is 45.7 Å². The van der Waals surface area contributed by atoms with Gasteiger partial charge in [-0.3, -0.25) is 14.7 Å². The third-order valence-electron chi connectivity index (χ3n) is 6.70. The second-order valence-corrected chi connectivity index (χ2v) is 7.99. The summed E-state index contributed by atoms with van der Waals surface area (Å²) in [5.41, 5.74) is 2.09. The van der Waals surface area contributed by atoms with Crippen molar-refractivity contribution < 1.29 is 9.53 Å². The van der Waals surface area contributed by atoms with E-state index in [1.54, 1.807) is 7.11 Å². The number of amides is 1. The Bertz CT molecular complexity index is 856. The first kappa shape index (κ1) is 16.8. The molecule has 5 rings (SSSR count). The molecular formula is C22H25N3O2. The van der Waals surface area contributed by atoms with Crippen LogP contribution >= 0.6 is 0 Å². The van der Waals surface area contributed by atoms with Gasteiger partial charge in [0.05, 0.1) is 7.11 Å². The molecule has 0 N–H and O–H groups in total. The number of rotatable bonds is 4. The molecule has 0 radical (unpaired) electrons. The maximum Gasteiger partial charge on any atom is 0.243 e. The van der Waals surface area contributed by atoms with Crippen molar-refractivity contribution in [3.63, 3.8) is 0 Å². The molecule has 1 aromatic carbocycles. The Morgan fingerprint density at radius 3 is 3.04 bits per heavy atom. The Morgan fingerprint density at radius 2 is 2.22 bits per heavy atom. The minimum atomic E-state index is -0.292. The highest BCUT2D eigenvalue weighted by Gasteiger charge is 2.65. The summed E-state index contributed by atoms with van der Waals surface area (Å²) in [6, 6.07) is 12.5. The Labute approximate surface area is 159 Å². The van der Waals surface area contributed by atoms with Crippen LogP contribution < -0.4 is 4.74 Å². The van der Waals surface area contributed by atoms with Gasteiger partial charge >= 0.3 is 0 Å². The lowest BCUT2D eigenvalue weighted by atomic mass is 9.85. The Morgan fingerprint density at radius 1 is 1.30 bits per heavy atom. The summed E-state index contributed by atoms with van der Waals surface area (Å²) in [7, 11) is 1.68. The molecule has 4 heterocycles. The molecule has 0 unspecified atom stereocenters. The summed E-state index contributed by atoms with van der Waals surface area (Å²) < 4.78 is 5.33. The molecule has 5 nitrogen and oxygen atoms in total. The van der Waals surface area contributed by atoms with Crippen LogP contribution in [-0.2, 0) is 11.3 Å². The zero-order valence-electron chi connectivity index (χ0n) is 15.7. The van der Waals surface area contributed by atoms with Crippen LogP contribution in [0.15, 0.2) is 48.8 Å². The highest BCUT2D eigenvalue weighted by molar-refractivity contribution is 5.90. The van der Waals surface area contributed by atoms with E-state index in [1.165, 1.54) is 5.56 Å². The average Bonchev–Trinajstić information content (AvgIpc) is 3.34. The van der Waals surface area contributed by atoms with Gasteiger partial charge in [0.15, 0.2) is 0 Å². The molecule has 3 fully saturated rings. The van der Waals surface area contributed by atoms with Crippen molar-refractivity contribution in [3.8, 4) is 5.75 Å². The first-order valence-corrected chi connectivity index (χ1v) is 9.81. The van der Waals surface area contributed by atoms with Gasteiger partial charge in [-0.1, -0.05) is 18.2 Å². The zero-order valence-corrected chi connectivity index (χ0v) is 15.7. The summed E-state index contributed by atoms with van der Waals surface area (Å²) in [5.74, 6) is 1.57. The Hall–Kier alpha value is -2.40. The molecule has 0 aliphatic carbocycles. The monoisotopic (exact) mass is 363 g/mol. The van der Waals surface area contributed by atoms with Crippen molar-refractivity contribution in [3.05, 3.63) is 59.9 Å². The number of benzene rings is 1. The van der Waals surface area contributed by atoms with Crippen LogP contribution in [0.3, 0.4) is 0 Å². The van der Waals surface area contributed by atoms with Crippen LogP contribution in [0.1, 0.15) is 36.4 Å². The number of hydrogen-bond acceptors (Lipinski definition) is 4. The first-order chi connectivity index (χ1) is 13.2. The first-order valence-electron chi connectivity index (χ1n) is 9.81. The summed E-state index contributed by atoms with van der Waals surface area (Å²) in [6.45, 7) is 2.53. The quantitative estimate of drug-likeness (QED) is 0.838. The third kappa shape index (κ3) is 2.48. The lowest BCUT2D eigenvalue weighted by molar-refractivity contribution is -0.137.